The molecule has 41 heavy (non-hydrogen) atoms. The molecule has 0 saturated carbocycles. The summed E-state index contributed by atoms with van der Waals surface area (Å²) in [6, 6.07) is -0.390. The molecule has 3 unspecified atom stereocenters. The van der Waals surface area contributed by atoms with Crippen molar-refractivity contribution in [1.82, 2.24) is 45.4 Å². The van der Waals surface area contributed by atoms with Crippen molar-refractivity contribution in [2.75, 3.05) is 77.2 Å². The average Bonchev–Trinajstić information content (AvgIpc) is 3.59. The minimum atomic E-state index is -1.23. The van der Waals surface area contributed by atoms with Crippen LogP contribution in [0.25, 0.3) is 0 Å². The number of anilines is 1. The number of thioether (sulfide) groups is 1. The summed E-state index contributed by atoms with van der Waals surface area (Å²) < 4.78 is 16.5. The first-order valence-electron chi connectivity index (χ1n) is 13.2. The van der Waals surface area contributed by atoms with Crippen LogP contribution in [0, 0.1) is 0 Å². The van der Waals surface area contributed by atoms with Gasteiger partial charge in [-0.15, -0.1) is 11.8 Å². The molecule has 0 spiro atoms. The van der Waals surface area contributed by atoms with Gasteiger partial charge in [0.25, 0.3) is 12.8 Å². The standard InChI is InChI=1S/C22H33FN12O4S2/c23-12-39-31-15(17-30-21(24)41-32-17)18(36)29-14-10-34-16(20(37)38)13(11-40-19(14)34)9-28-35-8-4-27-22(35)26-3-7-33-5-1-25-2-6-33/h9,14,19,22,25-27H,1-8,10-12H2,(H,29,36)(H,37,38)(H2,24,30,32)/b28-9+,31-15+. The Bertz CT molecular complexity index is 1190. The molecule has 4 aliphatic rings. The fourth-order valence-electron chi connectivity index (χ4n) is 4.94. The van der Waals surface area contributed by atoms with Crippen LogP contribution >= 0.6 is 23.3 Å². The van der Waals surface area contributed by atoms with E-state index in [4.69, 9.17) is 5.73 Å². The van der Waals surface area contributed by atoms with Crippen molar-refractivity contribution in [3.63, 3.8) is 0 Å². The number of hydrogen-bond acceptors (Lipinski definition) is 16. The second-order valence-corrected chi connectivity index (χ2v) is 11.4. The third kappa shape index (κ3) is 7.04. The molecule has 224 valence electrons. The Morgan fingerprint density at radius 1 is 1.29 bits per heavy atom. The molecule has 16 nitrogen and oxygen atoms in total. The van der Waals surface area contributed by atoms with Gasteiger partial charge in [0.1, 0.15) is 5.70 Å². The Morgan fingerprint density at radius 3 is 2.85 bits per heavy atom. The minimum Gasteiger partial charge on any atom is -0.477 e. The Balaban J connectivity index is 1.18. The number of fused-ring (bicyclic) bond motifs is 1. The highest BCUT2D eigenvalue weighted by atomic mass is 32.2. The second-order valence-electron chi connectivity index (χ2n) is 9.56. The van der Waals surface area contributed by atoms with E-state index in [1.165, 1.54) is 11.8 Å². The van der Waals surface area contributed by atoms with Crippen molar-refractivity contribution < 1.29 is 23.9 Å². The van der Waals surface area contributed by atoms with Crippen LogP contribution in [-0.4, -0.2) is 142 Å². The van der Waals surface area contributed by atoms with Crippen molar-refractivity contribution >= 4 is 52.2 Å². The molecule has 5 heterocycles. The highest BCUT2D eigenvalue weighted by molar-refractivity contribution is 8.00. The first kappa shape index (κ1) is 29.4. The van der Waals surface area contributed by atoms with Crippen molar-refractivity contribution in [2.24, 2.45) is 10.3 Å². The number of oxime groups is 1. The quantitative estimate of drug-likeness (QED) is 0.108. The summed E-state index contributed by atoms with van der Waals surface area (Å²) >= 11 is 2.36. The molecule has 4 aliphatic heterocycles. The van der Waals surface area contributed by atoms with Crippen LogP contribution in [0.5, 0.6) is 0 Å². The average molecular weight is 613 g/mol. The van der Waals surface area contributed by atoms with Gasteiger partial charge in [0, 0.05) is 75.2 Å². The largest absolute Gasteiger partial charge is 0.477 e. The normalized spacial score (nSPS) is 25.4. The topological polar surface area (TPSA) is 198 Å². The van der Waals surface area contributed by atoms with Gasteiger partial charge in [-0.1, -0.05) is 5.16 Å². The van der Waals surface area contributed by atoms with E-state index >= 15 is 0 Å². The number of nitrogen functional groups attached to an aromatic ring is 1. The predicted molar refractivity (Wildman–Crippen MR) is 152 cm³/mol. The molecule has 5 rings (SSSR count). The van der Waals surface area contributed by atoms with Crippen LogP contribution in [0.2, 0.25) is 0 Å². The Labute approximate surface area is 243 Å². The SMILES string of the molecule is Nc1nc(/C(=N\OCF)C(=O)NC2CN3C(C(=O)O)=C(/C=N/N4CCNC4NCCN4CCNCC4)CSC23)ns1. The Kier molecular flexibility index (Phi) is 9.83. The summed E-state index contributed by atoms with van der Waals surface area (Å²) in [6.45, 7) is 6.33. The summed E-state index contributed by atoms with van der Waals surface area (Å²) in [7, 11) is 0. The van der Waals surface area contributed by atoms with Gasteiger partial charge in [0.15, 0.2) is 11.4 Å². The van der Waals surface area contributed by atoms with Crippen LogP contribution in [0.15, 0.2) is 21.5 Å². The zero-order valence-corrected chi connectivity index (χ0v) is 23.8. The molecule has 1 amide bonds. The number of carbonyl (C=O) groups is 2. The predicted octanol–water partition coefficient (Wildman–Crippen LogP) is -2.35. The first-order chi connectivity index (χ1) is 19.9. The van der Waals surface area contributed by atoms with E-state index in [2.05, 4.69) is 50.6 Å². The van der Waals surface area contributed by atoms with Crippen molar-refractivity contribution in [1.29, 1.82) is 0 Å². The van der Waals surface area contributed by atoms with E-state index in [0.29, 0.717) is 17.9 Å². The zero-order chi connectivity index (χ0) is 28.8. The number of rotatable bonds is 12. The van der Waals surface area contributed by atoms with Crippen LogP contribution in [0.1, 0.15) is 5.82 Å². The van der Waals surface area contributed by atoms with Crippen LogP contribution < -0.4 is 27.0 Å². The van der Waals surface area contributed by atoms with E-state index in [1.54, 1.807) is 11.1 Å². The van der Waals surface area contributed by atoms with Crippen LogP contribution in [0.4, 0.5) is 9.52 Å². The van der Waals surface area contributed by atoms with Crippen molar-refractivity contribution in [2.45, 2.75) is 17.7 Å². The number of aromatic nitrogens is 2. The minimum absolute atomic E-state index is 0.0801. The maximum absolute atomic E-state index is 12.9. The highest BCUT2D eigenvalue weighted by Gasteiger charge is 2.47. The van der Waals surface area contributed by atoms with E-state index in [1.807, 2.05) is 5.01 Å². The highest BCUT2D eigenvalue weighted by Crippen LogP contribution is 2.39. The molecule has 0 bridgehead atoms. The third-order valence-electron chi connectivity index (χ3n) is 6.95. The Hall–Kier alpha value is -3.10. The molecular weight excluding hydrogens is 579 g/mol. The van der Waals surface area contributed by atoms with Gasteiger partial charge >= 0.3 is 5.97 Å². The number of nitrogens with zero attached hydrogens (tertiary/aromatic N) is 7. The van der Waals surface area contributed by atoms with Crippen LogP contribution in [-0.2, 0) is 14.4 Å². The molecule has 0 aromatic carbocycles. The molecule has 19 heteroatoms. The molecular formula is C22H33FN12O4S2. The lowest BCUT2D eigenvalue weighted by molar-refractivity contribution is -0.135. The number of nitrogens with two attached hydrogens (primary N) is 1. The zero-order valence-electron chi connectivity index (χ0n) is 22.2. The number of amides is 1. The summed E-state index contributed by atoms with van der Waals surface area (Å²) in [5, 5.41) is 32.8. The maximum Gasteiger partial charge on any atom is 0.352 e. The fourth-order valence-corrected chi connectivity index (χ4v) is 6.70. The summed E-state index contributed by atoms with van der Waals surface area (Å²) in [5.74, 6) is -1.42. The summed E-state index contributed by atoms with van der Waals surface area (Å²) in [4.78, 5) is 37.6. The molecule has 3 atom stereocenters. The van der Waals surface area contributed by atoms with Gasteiger partial charge in [-0.05, 0) is 0 Å². The number of carboxylic acids is 1. The number of piperazine rings is 1. The number of hydrazone groups is 1. The molecule has 7 N–H and O–H groups in total. The monoisotopic (exact) mass is 612 g/mol. The van der Waals surface area contributed by atoms with Crippen molar-refractivity contribution in [3.05, 3.63) is 17.1 Å². The van der Waals surface area contributed by atoms with E-state index in [0.717, 1.165) is 57.3 Å². The summed E-state index contributed by atoms with van der Waals surface area (Å²) in [5.41, 5.74) is 6.03. The van der Waals surface area contributed by atoms with Gasteiger partial charge in [0.2, 0.25) is 11.5 Å². The smallest absolute Gasteiger partial charge is 0.352 e. The number of carbonyl (C=O) groups excluding carboxylic acids is 1. The number of hydrogen-bond donors (Lipinski definition) is 6. The van der Waals surface area contributed by atoms with Gasteiger partial charge in [0.05, 0.1) is 24.2 Å². The molecule has 1 aromatic heterocycles. The lowest BCUT2D eigenvalue weighted by Crippen LogP contribution is -2.67. The number of halogens is 1. The van der Waals surface area contributed by atoms with E-state index in [-0.39, 0.29) is 46.6 Å². The molecule has 3 saturated heterocycles. The number of carboxylic acid groups (broad SMARTS) is 1. The summed E-state index contributed by atoms with van der Waals surface area (Å²) in [6.07, 6.45) is 1.49. The molecule has 0 aliphatic carbocycles. The number of nitrogens with one attached hydrogen (secondary N) is 4. The second kappa shape index (κ2) is 13.7. The van der Waals surface area contributed by atoms with Crippen LogP contribution in [0.3, 0.4) is 0 Å². The van der Waals surface area contributed by atoms with Gasteiger partial charge in [-0.25, -0.2) is 9.18 Å². The van der Waals surface area contributed by atoms with Gasteiger partial charge in [-0.2, -0.15) is 14.5 Å². The first-order valence-corrected chi connectivity index (χ1v) is 15.0. The molecule has 1 aromatic rings. The van der Waals surface area contributed by atoms with Gasteiger partial charge in [-0.3, -0.25) is 25.3 Å². The maximum atomic E-state index is 12.9. The fraction of sp³-hybridized carbons (Fsp3) is 0.636. The lowest BCUT2D eigenvalue weighted by atomic mass is 10.0. The number of aliphatic carboxylic acids is 1. The molecule has 0 radical (unpaired) electrons. The Morgan fingerprint density at radius 2 is 2.12 bits per heavy atom. The van der Waals surface area contributed by atoms with Crippen molar-refractivity contribution in [3.8, 4) is 0 Å². The molecule has 3 fully saturated rings. The lowest BCUT2D eigenvalue weighted by Gasteiger charge is -2.51. The third-order valence-corrected chi connectivity index (χ3v) is 8.90. The van der Waals surface area contributed by atoms with Gasteiger partial charge < -0.3 is 31.2 Å². The van der Waals surface area contributed by atoms with E-state index in [9.17, 15) is 19.1 Å². The van der Waals surface area contributed by atoms with E-state index < -0.39 is 18.7 Å². The number of alkyl halides is 1.